The number of benzene rings is 3. The number of hydrogen-bond donors (Lipinski definition) is 1. The fraction of sp³-hybridized carbons (Fsp3) is 0.231. The number of amides is 2. The first-order valence-corrected chi connectivity index (χ1v) is 11.6. The number of nitrogens with one attached hydrogen (secondary N) is 1. The van der Waals surface area contributed by atoms with Crippen LogP contribution in [-0.2, 0) is 17.8 Å². The van der Waals surface area contributed by atoms with E-state index in [0.717, 1.165) is 33.9 Å². The Bertz CT molecular complexity index is 1130. The molecule has 0 unspecified atom stereocenters. The number of hydrogen-bond acceptors (Lipinski definition) is 4. The fourth-order valence-corrected chi connectivity index (χ4v) is 4.59. The fourth-order valence-electron chi connectivity index (χ4n) is 3.75. The second-order valence-corrected chi connectivity index (χ2v) is 8.83. The maximum atomic E-state index is 13.3. The third kappa shape index (κ3) is 5.14. The molecule has 1 N–H and O–H groups in total. The molecule has 0 fully saturated rings. The van der Waals surface area contributed by atoms with Gasteiger partial charge >= 0.3 is 0 Å². The number of carbonyl (C=O) groups excluding carboxylic acids is 2. The van der Waals surface area contributed by atoms with Crippen molar-refractivity contribution in [1.82, 2.24) is 4.90 Å². The molecule has 0 aromatic heterocycles. The van der Waals surface area contributed by atoms with Gasteiger partial charge < -0.3 is 15.0 Å². The Labute approximate surface area is 192 Å². The lowest BCUT2D eigenvalue weighted by Crippen LogP contribution is -2.36. The van der Waals surface area contributed by atoms with Gasteiger partial charge in [-0.15, -0.1) is 11.8 Å². The topological polar surface area (TPSA) is 58.6 Å². The van der Waals surface area contributed by atoms with Crippen LogP contribution in [-0.4, -0.2) is 36.1 Å². The lowest BCUT2D eigenvalue weighted by molar-refractivity contribution is -0.113. The van der Waals surface area contributed by atoms with Crippen LogP contribution in [0.4, 0.5) is 5.69 Å². The monoisotopic (exact) mass is 446 g/mol. The average Bonchev–Trinajstić information content (AvgIpc) is 2.83. The van der Waals surface area contributed by atoms with Crippen LogP contribution >= 0.6 is 11.8 Å². The zero-order valence-corrected chi connectivity index (χ0v) is 19.1. The summed E-state index contributed by atoms with van der Waals surface area (Å²) in [6, 6.07) is 21.2. The molecule has 4 rings (SSSR count). The van der Waals surface area contributed by atoms with Crippen LogP contribution in [0.2, 0.25) is 0 Å². The highest BCUT2D eigenvalue weighted by molar-refractivity contribution is 8.00. The highest BCUT2D eigenvalue weighted by atomic mass is 32.2. The molecule has 2 amide bonds. The van der Waals surface area contributed by atoms with Crippen molar-refractivity contribution in [3.63, 3.8) is 0 Å². The Morgan fingerprint density at radius 1 is 1.03 bits per heavy atom. The van der Waals surface area contributed by atoms with Crippen LogP contribution in [0.25, 0.3) is 0 Å². The van der Waals surface area contributed by atoms with E-state index < -0.39 is 0 Å². The largest absolute Gasteiger partial charge is 0.497 e. The molecule has 1 aliphatic heterocycles. The van der Waals surface area contributed by atoms with Gasteiger partial charge in [-0.3, -0.25) is 9.59 Å². The Morgan fingerprint density at radius 3 is 2.59 bits per heavy atom. The van der Waals surface area contributed by atoms with Gasteiger partial charge in [0.05, 0.1) is 18.4 Å². The number of methoxy groups -OCH3 is 1. The zero-order chi connectivity index (χ0) is 22.5. The van der Waals surface area contributed by atoms with Crippen molar-refractivity contribution >= 4 is 29.3 Å². The third-order valence-corrected chi connectivity index (χ3v) is 6.60. The molecule has 0 radical (unpaired) electrons. The second-order valence-electron chi connectivity index (χ2n) is 7.81. The molecular weight excluding hydrogens is 420 g/mol. The number of carbonyl (C=O) groups is 2. The lowest BCUT2D eigenvalue weighted by atomic mass is 9.99. The first kappa shape index (κ1) is 22.0. The van der Waals surface area contributed by atoms with Gasteiger partial charge in [-0.1, -0.05) is 35.9 Å². The number of rotatable bonds is 6. The molecule has 0 bridgehead atoms. The highest BCUT2D eigenvalue weighted by Gasteiger charge is 2.24. The van der Waals surface area contributed by atoms with E-state index in [0.29, 0.717) is 18.7 Å². The van der Waals surface area contributed by atoms with E-state index in [2.05, 4.69) is 11.4 Å². The number of anilines is 1. The van der Waals surface area contributed by atoms with E-state index >= 15 is 0 Å². The summed E-state index contributed by atoms with van der Waals surface area (Å²) in [7, 11) is 1.65. The average molecular weight is 447 g/mol. The van der Waals surface area contributed by atoms with Crippen molar-refractivity contribution < 1.29 is 14.3 Å². The quantitative estimate of drug-likeness (QED) is 0.546. The molecule has 0 aliphatic carbocycles. The van der Waals surface area contributed by atoms with Crippen LogP contribution < -0.4 is 10.1 Å². The van der Waals surface area contributed by atoms with E-state index in [4.69, 9.17) is 4.74 Å². The lowest BCUT2D eigenvalue weighted by Gasteiger charge is -2.29. The van der Waals surface area contributed by atoms with Gasteiger partial charge in [-0.05, 0) is 60.9 Å². The van der Waals surface area contributed by atoms with Crippen molar-refractivity contribution in [3.8, 4) is 5.75 Å². The standard InChI is InChI=1S/C26H26N2O3S/c1-18-7-10-21(11-8-18)27-25(29)17-32-24-6-4-3-5-23(24)26(30)28-14-13-19-9-12-22(31-2)15-20(19)16-28/h3-12,15H,13-14,16-17H2,1-2H3,(H,27,29). The number of fused-ring (bicyclic) bond motifs is 1. The number of aryl methyl sites for hydroxylation is 1. The van der Waals surface area contributed by atoms with E-state index in [1.807, 2.05) is 72.5 Å². The van der Waals surface area contributed by atoms with E-state index in [-0.39, 0.29) is 17.6 Å². The van der Waals surface area contributed by atoms with Gasteiger partial charge in [-0.2, -0.15) is 0 Å². The van der Waals surface area contributed by atoms with Crippen molar-refractivity contribution in [1.29, 1.82) is 0 Å². The first-order chi connectivity index (χ1) is 15.5. The summed E-state index contributed by atoms with van der Waals surface area (Å²) < 4.78 is 5.34. The van der Waals surface area contributed by atoms with Gasteiger partial charge in [0.1, 0.15) is 5.75 Å². The predicted molar refractivity (Wildman–Crippen MR) is 128 cm³/mol. The molecule has 5 nitrogen and oxygen atoms in total. The van der Waals surface area contributed by atoms with Crippen LogP contribution in [0.3, 0.4) is 0 Å². The van der Waals surface area contributed by atoms with Gasteiger partial charge in [-0.25, -0.2) is 0 Å². The SMILES string of the molecule is COc1ccc2c(c1)CN(C(=O)c1ccccc1SCC(=O)Nc1ccc(C)cc1)CC2. The summed E-state index contributed by atoms with van der Waals surface area (Å²) in [5, 5.41) is 2.91. The molecule has 1 aliphatic rings. The molecule has 0 saturated carbocycles. The van der Waals surface area contributed by atoms with Crippen LogP contribution in [0, 0.1) is 6.92 Å². The minimum Gasteiger partial charge on any atom is -0.497 e. The first-order valence-electron chi connectivity index (χ1n) is 10.6. The van der Waals surface area contributed by atoms with Crippen molar-refractivity contribution in [2.75, 3.05) is 24.7 Å². The molecule has 0 saturated heterocycles. The highest BCUT2D eigenvalue weighted by Crippen LogP contribution is 2.28. The molecule has 32 heavy (non-hydrogen) atoms. The third-order valence-electron chi connectivity index (χ3n) is 5.52. The maximum absolute atomic E-state index is 13.3. The van der Waals surface area contributed by atoms with Gasteiger partial charge in [0.15, 0.2) is 0 Å². The summed E-state index contributed by atoms with van der Waals surface area (Å²) in [6.07, 6.45) is 0.819. The molecule has 1 heterocycles. The minimum atomic E-state index is -0.0971. The van der Waals surface area contributed by atoms with Crippen LogP contribution in [0.1, 0.15) is 27.0 Å². The number of ether oxygens (including phenoxy) is 1. The van der Waals surface area contributed by atoms with Gasteiger partial charge in [0, 0.05) is 23.7 Å². The minimum absolute atomic E-state index is 0.0134. The van der Waals surface area contributed by atoms with Crippen LogP contribution in [0.15, 0.2) is 71.6 Å². The van der Waals surface area contributed by atoms with Gasteiger partial charge in [0.2, 0.25) is 5.91 Å². The Hall–Kier alpha value is -3.25. The molecule has 3 aromatic rings. The van der Waals surface area contributed by atoms with Crippen molar-refractivity contribution in [3.05, 3.63) is 89.0 Å². The summed E-state index contributed by atoms with van der Waals surface area (Å²) in [4.78, 5) is 28.4. The summed E-state index contributed by atoms with van der Waals surface area (Å²) in [5.41, 5.74) is 4.92. The molecule has 6 heteroatoms. The summed E-state index contributed by atoms with van der Waals surface area (Å²) in [6.45, 7) is 3.23. The molecule has 0 atom stereocenters. The van der Waals surface area contributed by atoms with E-state index in [1.54, 1.807) is 7.11 Å². The van der Waals surface area contributed by atoms with Crippen LogP contribution in [0.5, 0.6) is 5.75 Å². The summed E-state index contributed by atoms with van der Waals surface area (Å²) >= 11 is 1.38. The Balaban J connectivity index is 1.43. The second kappa shape index (κ2) is 9.92. The van der Waals surface area contributed by atoms with Crippen molar-refractivity contribution in [2.24, 2.45) is 0 Å². The maximum Gasteiger partial charge on any atom is 0.255 e. The number of nitrogens with zero attached hydrogens (tertiary/aromatic N) is 1. The van der Waals surface area contributed by atoms with Gasteiger partial charge in [0.25, 0.3) is 5.91 Å². The molecule has 0 spiro atoms. The molecule has 164 valence electrons. The van der Waals surface area contributed by atoms with E-state index in [1.165, 1.54) is 17.3 Å². The Morgan fingerprint density at radius 2 is 1.81 bits per heavy atom. The smallest absolute Gasteiger partial charge is 0.255 e. The van der Waals surface area contributed by atoms with Crippen molar-refractivity contribution in [2.45, 2.75) is 24.8 Å². The Kier molecular flexibility index (Phi) is 6.81. The summed E-state index contributed by atoms with van der Waals surface area (Å²) in [5.74, 6) is 0.923. The predicted octanol–water partition coefficient (Wildman–Crippen LogP) is 4.93. The zero-order valence-electron chi connectivity index (χ0n) is 18.3. The normalized spacial score (nSPS) is 12.8. The van der Waals surface area contributed by atoms with E-state index in [9.17, 15) is 9.59 Å². The molecular formula is C26H26N2O3S. The number of thioether (sulfide) groups is 1. The molecule has 3 aromatic carbocycles.